The molecule has 0 spiro atoms. The van der Waals surface area contributed by atoms with Gasteiger partial charge >= 0.3 is 5.97 Å². The zero-order chi connectivity index (χ0) is 19.1. The van der Waals surface area contributed by atoms with E-state index in [0.717, 1.165) is 31.5 Å². The Morgan fingerprint density at radius 3 is 2.41 bits per heavy atom. The van der Waals surface area contributed by atoms with Crippen molar-refractivity contribution in [1.29, 1.82) is 5.26 Å². The summed E-state index contributed by atoms with van der Waals surface area (Å²) in [6.45, 7) is 1.83. The second-order valence-electron chi connectivity index (χ2n) is 6.32. The van der Waals surface area contributed by atoms with Gasteiger partial charge in [-0.25, -0.2) is 4.79 Å². The molecule has 0 N–H and O–H groups in total. The molecule has 136 valence electrons. The van der Waals surface area contributed by atoms with Crippen LogP contribution in [0.2, 0.25) is 0 Å². The van der Waals surface area contributed by atoms with E-state index in [1.165, 1.54) is 12.5 Å². The number of hydrogen-bond donors (Lipinski definition) is 0. The number of esters is 1. The van der Waals surface area contributed by atoms with Crippen LogP contribution in [0.15, 0.2) is 60.2 Å². The molecule has 0 unspecified atom stereocenters. The summed E-state index contributed by atoms with van der Waals surface area (Å²) in [4.78, 5) is 15.4. The molecule has 1 aliphatic heterocycles. The number of rotatable bonds is 4. The summed E-state index contributed by atoms with van der Waals surface area (Å²) < 4.78 is 5.54. The van der Waals surface area contributed by atoms with Crippen molar-refractivity contribution in [3.63, 3.8) is 0 Å². The van der Waals surface area contributed by atoms with Gasteiger partial charge in [-0.1, -0.05) is 54.7 Å². The minimum atomic E-state index is -0.685. The summed E-state index contributed by atoms with van der Waals surface area (Å²) in [6, 6.07) is 18.4. The fourth-order valence-electron chi connectivity index (χ4n) is 3.01. The third kappa shape index (κ3) is 4.81. The molecule has 0 amide bonds. The molecule has 27 heavy (non-hydrogen) atoms. The number of carbonyl (C=O) groups is 1. The average Bonchev–Trinajstić information content (AvgIpc) is 2.73. The number of nitrogens with zero attached hydrogens (tertiary/aromatic N) is 2. The normalized spacial score (nSPS) is 14.3. The molecule has 2 aromatic rings. The molecule has 0 aliphatic carbocycles. The van der Waals surface area contributed by atoms with Crippen molar-refractivity contribution in [3.05, 3.63) is 71.3 Å². The zero-order valence-corrected chi connectivity index (χ0v) is 15.7. The van der Waals surface area contributed by atoms with E-state index in [4.69, 9.17) is 17.0 Å². The van der Waals surface area contributed by atoms with Crippen LogP contribution in [-0.2, 0) is 4.79 Å². The SMILES string of the molecule is N#C/C(=C\c1ccccc1)C(=O)Oc1ccccc1C(=S)N1CCCCC1. The Bertz CT molecular complexity index is 894. The van der Waals surface area contributed by atoms with Crippen LogP contribution in [0, 0.1) is 11.3 Å². The van der Waals surface area contributed by atoms with Crippen LogP contribution in [0.25, 0.3) is 6.08 Å². The van der Waals surface area contributed by atoms with Gasteiger partial charge in [0, 0.05) is 13.1 Å². The molecule has 4 nitrogen and oxygen atoms in total. The maximum atomic E-state index is 12.5. The van der Waals surface area contributed by atoms with Crippen LogP contribution < -0.4 is 4.74 Å². The number of ether oxygens (including phenoxy) is 1. The third-order valence-corrected chi connectivity index (χ3v) is 4.89. The van der Waals surface area contributed by atoms with Crippen LogP contribution in [0.4, 0.5) is 0 Å². The predicted molar refractivity (Wildman–Crippen MR) is 109 cm³/mol. The molecule has 0 bridgehead atoms. The number of nitriles is 1. The Hall–Kier alpha value is -2.97. The third-order valence-electron chi connectivity index (χ3n) is 4.41. The molecule has 0 radical (unpaired) electrons. The number of likely N-dealkylation sites (tertiary alicyclic amines) is 1. The summed E-state index contributed by atoms with van der Waals surface area (Å²) in [6.07, 6.45) is 4.96. The molecular weight excluding hydrogens is 356 g/mol. The number of thiocarbonyl (C=S) groups is 1. The van der Waals surface area contributed by atoms with Crippen molar-refractivity contribution >= 4 is 29.3 Å². The zero-order valence-electron chi connectivity index (χ0n) is 14.9. The number of para-hydroxylation sites is 1. The second kappa shape index (κ2) is 9.11. The van der Waals surface area contributed by atoms with Crippen molar-refractivity contribution in [3.8, 4) is 11.8 Å². The fraction of sp³-hybridized carbons (Fsp3) is 0.227. The average molecular weight is 376 g/mol. The molecule has 2 aromatic carbocycles. The minimum absolute atomic E-state index is 0.0557. The molecule has 0 atom stereocenters. The fourth-order valence-corrected chi connectivity index (χ4v) is 3.36. The van der Waals surface area contributed by atoms with E-state index in [9.17, 15) is 10.1 Å². The molecule has 3 rings (SSSR count). The number of hydrogen-bond acceptors (Lipinski definition) is 4. The summed E-state index contributed by atoms with van der Waals surface area (Å²) >= 11 is 5.63. The molecule has 1 aliphatic rings. The van der Waals surface area contributed by atoms with Gasteiger partial charge in [0.05, 0.1) is 5.56 Å². The van der Waals surface area contributed by atoms with E-state index in [1.807, 2.05) is 48.5 Å². The van der Waals surface area contributed by atoms with Gasteiger partial charge in [0.15, 0.2) is 0 Å². The Morgan fingerprint density at radius 2 is 1.70 bits per heavy atom. The number of carbonyl (C=O) groups excluding carboxylic acids is 1. The van der Waals surface area contributed by atoms with Crippen LogP contribution >= 0.6 is 12.2 Å². The molecule has 1 saturated heterocycles. The summed E-state index contributed by atoms with van der Waals surface area (Å²) in [5.74, 6) is -0.303. The van der Waals surface area contributed by atoms with Gasteiger partial charge in [0.2, 0.25) is 0 Å². The van der Waals surface area contributed by atoms with Gasteiger partial charge in [0.1, 0.15) is 22.4 Å². The highest BCUT2D eigenvalue weighted by Gasteiger charge is 2.20. The first-order valence-corrected chi connectivity index (χ1v) is 9.37. The molecular formula is C22H20N2O2S. The van der Waals surface area contributed by atoms with E-state index < -0.39 is 5.97 Å². The van der Waals surface area contributed by atoms with Crippen molar-refractivity contribution in [2.24, 2.45) is 0 Å². The van der Waals surface area contributed by atoms with E-state index in [2.05, 4.69) is 4.90 Å². The maximum Gasteiger partial charge on any atom is 0.354 e. The summed E-state index contributed by atoms with van der Waals surface area (Å²) in [7, 11) is 0. The first-order chi connectivity index (χ1) is 13.2. The molecule has 1 heterocycles. The van der Waals surface area contributed by atoms with Gasteiger partial charge in [-0.3, -0.25) is 0 Å². The van der Waals surface area contributed by atoms with Gasteiger partial charge in [-0.2, -0.15) is 5.26 Å². The quantitative estimate of drug-likeness (QED) is 0.261. The monoisotopic (exact) mass is 376 g/mol. The highest BCUT2D eigenvalue weighted by Crippen LogP contribution is 2.24. The van der Waals surface area contributed by atoms with Crippen molar-refractivity contribution < 1.29 is 9.53 Å². The topological polar surface area (TPSA) is 53.3 Å². The van der Waals surface area contributed by atoms with Crippen molar-refractivity contribution in [2.75, 3.05) is 13.1 Å². The van der Waals surface area contributed by atoms with Gasteiger partial charge in [0.25, 0.3) is 0 Å². The molecule has 5 heteroatoms. The smallest absolute Gasteiger partial charge is 0.354 e. The lowest BCUT2D eigenvalue weighted by atomic mass is 10.1. The van der Waals surface area contributed by atoms with Gasteiger partial charge in [-0.05, 0) is 43.0 Å². The van der Waals surface area contributed by atoms with E-state index >= 15 is 0 Å². The predicted octanol–water partition coefficient (Wildman–Crippen LogP) is 4.36. The molecule has 1 fully saturated rings. The Balaban J connectivity index is 1.81. The van der Waals surface area contributed by atoms with Crippen LogP contribution in [0.5, 0.6) is 5.75 Å². The summed E-state index contributed by atoms with van der Waals surface area (Å²) in [5.41, 5.74) is 1.42. The van der Waals surface area contributed by atoms with Crippen LogP contribution in [0.3, 0.4) is 0 Å². The lowest BCUT2D eigenvalue weighted by molar-refractivity contribution is -0.129. The summed E-state index contributed by atoms with van der Waals surface area (Å²) in [5, 5.41) is 9.36. The lowest BCUT2D eigenvalue weighted by Gasteiger charge is -2.29. The highest BCUT2D eigenvalue weighted by molar-refractivity contribution is 7.80. The Labute approximate surface area is 164 Å². The van der Waals surface area contributed by atoms with Gasteiger partial charge < -0.3 is 9.64 Å². The number of piperidine rings is 1. The second-order valence-corrected chi connectivity index (χ2v) is 6.71. The molecule has 0 saturated carbocycles. The van der Waals surface area contributed by atoms with Crippen molar-refractivity contribution in [2.45, 2.75) is 19.3 Å². The maximum absolute atomic E-state index is 12.5. The largest absolute Gasteiger partial charge is 0.422 e. The van der Waals surface area contributed by atoms with Crippen LogP contribution in [-0.4, -0.2) is 28.9 Å². The standard InChI is InChI=1S/C22H20N2O2S/c23-16-18(15-17-9-3-1-4-10-17)22(25)26-20-12-6-5-11-19(20)21(27)24-13-7-2-8-14-24/h1,3-6,9-12,15H,2,7-8,13-14H2/b18-15+. The van der Waals surface area contributed by atoms with E-state index in [1.54, 1.807) is 12.1 Å². The number of benzene rings is 2. The van der Waals surface area contributed by atoms with Crippen LogP contribution in [0.1, 0.15) is 30.4 Å². The highest BCUT2D eigenvalue weighted by atomic mass is 32.1. The first kappa shape index (κ1) is 18.8. The Kier molecular flexibility index (Phi) is 6.35. The minimum Gasteiger partial charge on any atom is -0.422 e. The van der Waals surface area contributed by atoms with Crippen molar-refractivity contribution in [1.82, 2.24) is 4.90 Å². The van der Waals surface area contributed by atoms with Gasteiger partial charge in [-0.15, -0.1) is 0 Å². The first-order valence-electron chi connectivity index (χ1n) is 8.96. The van der Waals surface area contributed by atoms with E-state index in [-0.39, 0.29) is 5.57 Å². The Morgan fingerprint density at radius 1 is 1.04 bits per heavy atom. The lowest BCUT2D eigenvalue weighted by Crippen LogP contribution is -2.35. The molecule has 0 aromatic heterocycles. The van der Waals surface area contributed by atoms with E-state index in [0.29, 0.717) is 16.3 Å².